The third kappa shape index (κ3) is 13.8. The standard InChI is InChI=1S/C41H59NO8/c1-4-7-10-13-16-19-30-47-34-25-21-32(22-26-34)40(45)49-36-37(39(44)42(38(36)43)29-18-15-12-9-6-3)50-41(46)33-23-27-35(28-24-33)48-31-20-17-14-11-8-5-2/h21-28,36-37H,4-20,29-31H2,1-3H3/t36-,37-/m1/s1. The second-order valence-electron chi connectivity index (χ2n) is 13.2. The molecule has 2 aromatic carbocycles. The molecule has 0 bridgehead atoms. The molecule has 0 aliphatic carbocycles. The van der Waals surface area contributed by atoms with Crippen molar-refractivity contribution < 1.29 is 38.1 Å². The van der Waals surface area contributed by atoms with Gasteiger partial charge in [-0.25, -0.2) is 9.59 Å². The van der Waals surface area contributed by atoms with Crippen LogP contribution in [0.5, 0.6) is 11.5 Å². The predicted molar refractivity (Wildman–Crippen MR) is 195 cm³/mol. The highest BCUT2D eigenvalue weighted by Gasteiger charge is 2.52. The summed E-state index contributed by atoms with van der Waals surface area (Å²) in [6.07, 6.45) is 15.3. The third-order valence-electron chi connectivity index (χ3n) is 8.96. The quantitative estimate of drug-likeness (QED) is 0.0545. The Balaban J connectivity index is 1.60. The molecule has 9 heteroatoms. The van der Waals surface area contributed by atoms with Crippen LogP contribution in [0.25, 0.3) is 0 Å². The molecule has 0 saturated carbocycles. The molecule has 0 N–H and O–H groups in total. The van der Waals surface area contributed by atoms with Gasteiger partial charge in [-0.1, -0.05) is 111 Å². The van der Waals surface area contributed by atoms with Crippen molar-refractivity contribution in [3.8, 4) is 11.5 Å². The van der Waals surface area contributed by atoms with Crippen molar-refractivity contribution in [2.75, 3.05) is 19.8 Å². The molecular formula is C41H59NO8. The molecule has 0 spiro atoms. The summed E-state index contributed by atoms with van der Waals surface area (Å²) in [5, 5.41) is 0. The minimum absolute atomic E-state index is 0.165. The van der Waals surface area contributed by atoms with Gasteiger partial charge in [0.25, 0.3) is 11.8 Å². The Hall–Kier alpha value is -3.88. The fourth-order valence-corrected chi connectivity index (χ4v) is 5.88. The van der Waals surface area contributed by atoms with Gasteiger partial charge in [-0.3, -0.25) is 14.5 Å². The molecule has 0 unspecified atom stereocenters. The number of amides is 2. The number of likely N-dealkylation sites (tertiary alicyclic amines) is 1. The van der Waals surface area contributed by atoms with E-state index >= 15 is 0 Å². The summed E-state index contributed by atoms with van der Waals surface area (Å²) in [5.74, 6) is -1.71. The molecule has 0 aromatic heterocycles. The second-order valence-corrected chi connectivity index (χ2v) is 13.2. The van der Waals surface area contributed by atoms with Gasteiger partial charge in [-0.2, -0.15) is 0 Å². The maximum Gasteiger partial charge on any atom is 0.339 e. The van der Waals surface area contributed by atoms with E-state index < -0.39 is 36.0 Å². The lowest BCUT2D eigenvalue weighted by Gasteiger charge is -2.17. The lowest BCUT2D eigenvalue weighted by molar-refractivity contribution is -0.141. The first-order valence-electron chi connectivity index (χ1n) is 19.1. The number of hydrogen-bond acceptors (Lipinski definition) is 8. The molecular weight excluding hydrogens is 634 g/mol. The molecule has 1 saturated heterocycles. The molecule has 3 rings (SSSR count). The summed E-state index contributed by atoms with van der Waals surface area (Å²) in [5.41, 5.74) is 0.383. The van der Waals surface area contributed by atoms with Crippen molar-refractivity contribution >= 4 is 23.8 Å². The van der Waals surface area contributed by atoms with E-state index in [1.165, 1.54) is 51.4 Å². The molecule has 2 aromatic rings. The normalized spacial score (nSPS) is 15.7. The zero-order valence-electron chi connectivity index (χ0n) is 30.6. The van der Waals surface area contributed by atoms with Gasteiger partial charge in [0.2, 0.25) is 12.2 Å². The Bertz CT molecular complexity index is 1200. The van der Waals surface area contributed by atoms with Crippen LogP contribution >= 0.6 is 0 Å². The van der Waals surface area contributed by atoms with Crippen molar-refractivity contribution in [3.63, 3.8) is 0 Å². The molecule has 9 nitrogen and oxygen atoms in total. The molecule has 1 heterocycles. The van der Waals surface area contributed by atoms with Crippen LogP contribution in [0.15, 0.2) is 48.5 Å². The van der Waals surface area contributed by atoms with Crippen molar-refractivity contribution in [2.45, 2.75) is 142 Å². The Labute approximate surface area is 299 Å². The third-order valence-corrected chi connectivity index (χ3v) is 8.96. The molecule has 0 radical (unpaired) electrons. The maximum absolute atomic E-state index is 13.5. The van der Waals surface area contributed by atoms with Gasteiger partial charge in [0, 0.05) is 6.54 Å². The second kappa shape index (κ2) is 23.5. The fraction of sp³-hybridized carbons (Fsp3) is 0.610. The largest absolute Gasteiger partial charge is 0.494 e. The summed E-state index contributed by atoms with van der Waals surface area (Å²) < 4.78 is 22.8. The average molecular weight is 694 g/mol. The highest BCUT2D eigenvalue weighted by molar-refractivity contribution is 6.10. The summed E-state index contributed by atoms with van der Waals surface area (Å²) in [4.78, 5) is 54.4. The van der Waals surface area contributed by atoms with Gasteiger partial charge in [0.05, 0.1) is 24.3 Å². The van der Waals surface area contributed by atoms with Crippen molar-refractivity contribution in [1.29, 1.82) is 0 Å². The first-order valence-corrected chi connectivity index (χ1v) is 19.1. The average Bonchev–Trinajstić information content (AvgIpc) is 3.34. The van der Waals surface area contributed by atoms with Crippen molar-refractivity contribution in [3.05, 3.63) is 59.7 Å². The Morgan fingerprint density at radius 3 is 1.22 bits per heavy atom. The number of carbonyl (C=O) groups excluding carboxylic acids is 4. The minimum atomic E-state index is -1.59. The lowest BCUT2D eigenvalue weighted by Crippen LogP contribution is -2.37. The lowest BCUT2D eigenvalue weighted by atomic mass is 10.1. The number of carbonyl (C=O) groups is 4. The van der Waals surface area contributed by atoms with E-state index in [1.54, 1.807) is 48.5 Å². The summed E-state index contributed by atoms with van der Waals surface area (Å²) in [7, 11) is 0. The van der Waals surface area contributed by atoms with Gasteiger partial charge < -0.3 is 18.9 Å². The van der Waals surface area contributed by atoms with Gasteiger partial charge in [-0.15, -0.1) is 0 Å². The van der Waals surface area contributed by atoms with Crippen LogP contribution in [-0.4, -0.2) is 60.6 Å². The highest BCUT2D eigenvalue weighted by Crippen LogP contribution is 2.25. The summed E-state index contributed by atoms with van der Waals surface area (Å²) >= 11 is 0. The molecule has 2 atom stereocenters. The van der Waals surface area contributed by atoms with E-state index in [0.29, 0.717) is 31.1 Å². The minimum Gasteiger partial charge on any atom is -0.494 e. The van der Waals surface area contributed by atoms with E-state index in [0.717, 1.165) is 56.3 Å². The Kier molecular flexibility index (Phi) is 19.1. The zero-order chi connectivity index (χ0) is 36.0. The van der Waals surface area contributed by atoms with E-state index in [1.807, 2.05) is 0 Å². The molecule has 50 heavy (non-hydrogen) atoms. The number of rotatable bonds is 26. The van der Waals surface area contributed by atoms with E-state index in [-0.39, 0.29) is 17.7 Å². The van der Waals surface area contributed by atoms with E-state index in [4.69, 9.17) is 18.9 Å². The van der Waals surface area contributed by atoms with E-state index in [9.17, 15) is 19.2 Å². The molecule has 1 aliphatic heterocycles. The molecule has 1 fully saturated rings. The number of imide groups is 1. The van der Waals surface area contributed by atoms with Crippen molar-refractivity contribution in [2.24, 2.45) is 0 Å². The maximum atomic E-state index is 13.5. The summed E-state index contributed by atoms with van der Waals surface area (Å²) in [6.45, 7) is 7.84. The Morgan fingerprint density at radius 1 is 0.500 bits per heavy atom. The zero-order valence-corrected chi connectivity index (χ0v) is 30.6. The monoisotopic (exact) mass is 693 g/mol. The van der Waals surface area contributed by atoms with Crippen LogP contribution in [0.1, 0.15) is 151 Å². The number of esters is 2. The topological polar surface area (TPSA) is 108 Å². The van der Waals surface area contributed by atoms with Gasteiger partial charge >= 0.3 is 11.9 Å². The predicted octanol–water partition coefficient (Wildman–Crippen LogP) is 9.26. The first kappa shape index (κ1) is 40.5. The van der Waals surface area contributed by atoms with E-state index in [2.05, 4.69) is 20.8 Å². The number of hydrogen-bond donors (Lipinski definition) is 0. The van der Waals surface area contributed by atoms with Gasteiger partial charge in [0.15, 0.2) is 0 Å². The summed E-state index contributed by atoms with van der Waals surface area (Å²) in [6, 6.07) is 12.9. The highest BCUT2D eigenvalue weighted by atomic mass is 16.6. The smallest absolute Gasteiger partial charge is 0.339 e. The number of benzene rings is 2. The van der Waals surface area contributed by atoms with Crippen LogP contribution < -0.4 is 9.47 Å². The molecule has 1 aliphatic rings. The first-order chi connectivity index (χ1) is 24.4. The number of unbranched alkanes of at least 4 members (excludes halogenated alkanes) is 14. The molecule has 2 amide bonds. The Morgan fingerprint density at radius 2 is 0.840 bits per heavy atom. The van der Waals surface area contributed by atoms with Crippen LogP contribution in [-0.2, 0) is 19.1 Å². The van der Waals surface area contributed by atoms with Crippen LogP contribution in [0.2, 0.25) is 0 Å². The van der Waals surface area contributed by atoms with Crippen LogP contribution in [0, 0.1) is 0 Å². The van der Waals surface area contributed by atoms with Gasteiger partial charge in [-0.05, 0) is 67.8 Å². The van der Waals surface area contributed by atoms with Crippen LogP contribution in [0.4, 0.5) is 0 Å². The number of ether oxygens (including phenoxy) is 4. The fourth-order valence-electron chi connectivity index (χ4n) is 5.88. The molecule has 276 valence electrons. The SMILES string of the molecule is CCCCCCCCOc1ccc(C(=O)O[C@H]2C(=O)N(CCCCCCC)C(=O)[C@@H]2OC(=O)c2ccc(OCCCCCCCC)cc2)cc1. The van der Waals surface area contributed by atoms with Crippen LogP contribution in [0.3, 0.4) is 0 Å². The van der Waals surface area contributed by atoms with Crippen molar-refractivity contribution in [1.82, 2.24) is 4.90 Å². The van der Waals surface area contributed by atoms with Gasteiger partial charge in [0.1, 0.15) is 11.5 Å². The number of nitrogens with zero attached hydrogens (tertiary/aromatic N) is 1.